The van der Waals surface area contributed by atoms with Crippen LogP contribution in [0.5, 0.6) is 0 Å². The molecular weight excluding hydrogens is 433 g/mol. The maximum atomic E-state index is 13.3. The largest absolute Gasteiger partial charge is 0.339 e. The zero-order valence-electron chi connectivity index (χ0n) is 16.1. The first-order chi connectivity index (χ1) is 13.8. The highest BCUT2D eigenvalue weighted by Crippen LogP contribution is 2.21. The van der Waals surface area contributed by atoms with E-state index in [4.69, 9.17) is 23.2 Å². The fraction of sp³-hybridized carbons (Fsp3) is 0.350. The molecule has 0 atom stereocenters. The van der Waals surface area contributed by atoms with Gasteiger partial charge >= 0.3 is 0 Å². The topological polar surface area (TPSA) is 60.9 Å². The van der Waals surface area contributed by atoms with Crippen molar-refractivity contribution in [1.29, 1.82) is 0 Å². The van der Waals surface area contributed by atoms with Gasteiger partial charge in [-0.25, -0.2) is 8.42 Å². The van der Waals surface area contributed by atoms with Gasteiger partial charge in [0.2, 0.25) is 15.9 Å². The third-order valence-corrected chi connectivity index (χ3v) is 7.20. The first kappa shape index (κ1) is 22.1. The van der Waals surface area contributed by atoms with Gasteiger partial charge in [0.1, 0.15) is 0 Å². The molecule has 0 unspecified atom stereocenters. The second-order valence-electron chi connectivity index (χ2n) is 7.04. The lowest BCUT2D eigenvalue weighted by Gasteiger charge is -2.33. The number of hydrogen-bond acceptors (Lipinski definition) is 4. The standard InChI is InChI=1S/C20H23Cl2N3O3S/c1-23-10-12-24(13-11-23)20(26)15-25(14-16-2-4-17(21)5-3-16)29(27,28)19-8-6-18(22)7-9-19/h2-9H,10-15H2,1H3. The summed E-state index contributed by atoms with van der Waals surface area (Å²) in [6.45, 7) is 2.56. The summed E-state index contributed by atoms with van der Waals surface area (Å²) in [7, 11) is -1.89. The van der Waals surface area contributed by atoms with Crippen molar-refractivity contribution in [2.24, 2.45) is 0 Å². The molecule has 0 radical (unpaired) electrons. The van der Waals surface area contributed by atoms with E-state index in [1.165, 1.54) is 28.6 Å². The Kier molecular flexibility index (Phi) is 7.19. The van der Waals surface area contributed by atoms with Crippen LogP contribution in [-0.4, -0.2) is 68.2 Å². The van der Waals surface area contributed by atoms with Gasteiger partial charge in [-0.1, -0.05) is 35.3 Å². The molecule has 1 fully saturated rings. The fourth-order valence-electron chi connectivity index (χ4n) is 3.08. The van der Waals surface area contributed by atoms with Crippen LogP contribution in [0, 0.1) is 0 Å². The van der Waals surface area contributed by atoms with Gasteiger partial charge in [0.05, 0.1) is 11.4 Å². The van der Waals surface area contributed by atoms with Crippen LogP contribution in [0.3, 0.4) is 0 Å². The first-order valence-corrected chi connectivity index (χ1v) is 11.4. The Labute approximate surface area is 181 Å². The second kappa shape index (κ2) is 9.45. The minimum absolute atomic E-state index is 0.0710. The van der Waals surface area contributed by atoms with Crippen LogP contribution in [0.15, 0.2) is 53.4 Å². The number of carbonyl (C=O) groups is 1. The number of carbonyl (C=O) groups excluding carboxylic acids is 1. The van der Waals surface area contributed by atoms with Gasteiger partial charge in [0.15, 0.2) is 0 Å². The van der Waals surface area contributed by atoms with Gasteiger partial charge in [0.25, 0.3) is 0 Å². The molecule has 0 N–H and O–H groups in total. The molecule has 2 aromatic rings. The van der Waals surface area contributed by atoms with Gasteiger partial charge in [-0.05, 0) is 49.0 Å². The van der Waals surface area contributed by atoms with Gasteiger partial charge in [-0.3, -0.25) is 4.79 Å². The predicted octanol–water partition coefficient (Wildman–Crippen LogP) is 2.96. The minimum Gasteiger partial charge on any atom is -0.339 e. The van der Waals surface area contributed by atoms with E-state index in [2.05, 4.69) is 4.90 Å². The molecule has 6 nitrogen and oxygen atoms in total. The molecule has 1 heterocycles. The Morgan fingerprint density at radius 1 is 0.931 bits per heavy atom. The van der Waals surface area contributed by atoms with Crippen LogP contribution in [0.2, 0.25) is 10.0 Å². The van der Waals surface area contributed by atoms with Crippen molar-refractivity contribution in [3.8, 4) is 0 Å². The zero-order chi connectivity index (χ0) is 21.0. The Morgan fingerprint density at radius 2 is 1.45 bits per heavy atom. The molecule has 0 aliphatic carbocycles. The van der Waals surface area contributed by atoms with Crippen molar-refractivity contribution in [3.63, 3.8) is 0 Å². The van der Waals surface area contributed by atoms with Gasteiger partial charge < -0.3 is 9.80 Å². The lowest BCUT2D eigenvalue weighted by molar-refractivity contribution is -0.133. The van der Waals surface area contributed by atoms with E-state index in [-0.39, 0.29) is 23.9 Å². The van der Waals surface area contributed by atoms with E-state index < -0.39 is 10.0 Å². The number of halogens is 2. The summed E-state index contributed by atoms with van der Waals surface area (Å²) in [5.74, 6) is -0.204. The van der Waals surface area contributed by atoms with Gasteiger partial charge in [-0.2, -0.15) is 4.31 Å². The summed E-state index contributed by atoms with van der Waals surface area (Å²) in [6.07, 6.45) is 0. The van der Waals surface area contributed by atoms with E-state index in [1.54, 1.807) is 29.2 Å². The molecule has 1 aliphatic rings. The van der Waals surface area contributed by atoms with Crippen LogP contribution in [0.1, 0.15) is 5.56 Å². The van der Waals surface area contributed by atoms with E-state index in [9.17, 15) is 13.2 Å². The lowest BCUT2D eigenvalue weighted by atomic mass is 10.2. The number of sulfonamides is 1. The predicted molar refractivity (Wildman–Crippen MR) is 115 cm³/mol. The number of hydrogen-bond donors (Lipinski definition) is 0. The summed E-state index contributed by atoms with van der Waals surface area (Å²) >= 11 is 11.8. The summed E-state index contributed by atoms with van der Waals surface area (Å²) in [6, 6.07) is 12.9. The van der Waals surface area contributed by atoms with Crippen LogP contribution < -0.4 is 0 Å². The number of rotatable bonds is 6. The van der Waals surface area contributed by atoms with Crippen molar-refractivity contribution in [2.75, 3.05) is 39.8 Å². The van der Waals surface area contributed by atoms with E-state index >= 15 is 0 Å². The van der Waals surface area contributed by atoms with Crippen LogP contribution >= 0.6 is 23.2 Å². The summed E-state index contributed by atoms with van der Waals surface area (Å²) in [5.41, 5.74) is 0.748. The van der Waals surface area contributed by atoms with E-state index in [0.29, 0.717) is 23.1 Å². The molecule has 3 rings (SSSR count). The van der Waals surface area contributed by atoms with E-state index in [1.807, 2.05) is 7.05 Å². The molecule has 1 saturated heterocycles. The highest BCUT2D eigenvalue weighted by Gasteiger charge is 2.29. The van der Waals surface area contributed by atoms with Crippen molar-refractivity contribution in [1.82, 2.24) is 14.1 Å². The Morgan fingerprint density at radius 3 is 2.00 bits per heavy atom. The van der Waals surface area contributed by atoms with Crippen LogP contribution in [0.4, 0.5) is 0 Å². The summed E-state index contributed by atoms with van der Waals surface area (Å²) in [5, 5.41) is 1.01. The highest BCUT2D eigenvalue weighted by molar-refractivity contribution is 7.89. The Hall–Kier alpha value is -1.64. The third kappa shape index (κ3) is 5.71. The number of amides is 1. The van der Waals surface area contributed by atoms with Crippen molar-refractivity contribution >= 4 is 39.1 Å². The summed E-state index contributed by atoms with van der Waals surface area (Å²) in [4.78, 5) is 16.8. The monoisotopic (exact) mass is 455 g/mol. The van der Waals surface area contributed by atoms with Crippen LogP contribution in [0.25, 0.3) is 0 Å². The number of benzene rings is 2. The SMILES string of the molecule is CN1CCN(C(=O)CN(Cc2ccc(Cl)cc2)S(=O)(=O)c2ccc(Cl)cc2)CC1. The average Bonchev–Trinajstić information content (AvgIpc) is 2.70. The molecule has 0 spiro atoms. The Balaban J connectivity index is 1.85. The molecule has 2 aromatic carbocycles. The van der Waals surface area contributed by atoms with Crippen LogP contribution in [-0.2, 0) is 21.4 Å². The maximum absolute atomic E-state index is 13.3. The normalized spacial score (nSPS) is 15.7. The molecule has 1 aliphatic heterocycles. The number of piperazine rings is 1. The smallest absolute Gasteiger partial charge is 0.243 e. The highest BCUT2D eigenvalue weighted by atomic mass is 35.5. The minimum atomic E-state index is -3.89. The quantitative estimate of drug-likeness (QED) is 0.671. The fourth-order valence-corrected chi connectivity index (χ4v) is 4.71. The molecule has 0 saturated carbocycles. The molecule has 0 bridgehead atoms. The molecule has 156 valence electrons. The van der Waals surface area contributed by atoms with Crippen molar-refractivity contribution < 1.29 is 13.2 Å². The van der Waals surface area contributed by atoms with E-state index in [0.717, 1.165) is 18.7 Å². The van der Waals surface area contributed by atoms with Crippen molar-refractivity contribution in [3.05, 3.63) is 64.1 Å². The molecule has 29 heavy (non-hydrogen) atoms. The summed E-state index contributed by atoms with van der Waals surface area (Å²) < 4.78 is 27.7. The average molecular weight is 456 g/mol. The molecule has 1 amide bonds. The molecule has 0 aromatic heterocycles. The number of likely N-dealkylation sites (N-methyl/N-ethyl adjacent to an activating group) is 1. The number of nitrogens with zero attached hydrogens (tertiary/aromatic N) is 3. The van der Waals surface area contributed by atoms with Crippen molar-refractivity contribution in [2.45, 2.75) is 11.4 Å². The molecular formula is C20H23Cl2N3O3S. The first-order valence-electron chi connectivity index (χ1n) is 9.22. The zero-order valence-corrected chi connectivity index (χ0v) is 18.4. The third-order valence-electron chi connectivity index (χ3n) is 4.89. The lowest BCUT2D eigenvalue weighted by Crippen LogP contribution is -2.50. The van der Waals surface area contributed by atoms with Gasteiger partial charge in [-0.15, -0.1) is 0 Å². The second-order valence-corrected chi connectivity index (χ2v) is 9.85. The molecule has 9 heteroatoms. The van der Waals surface area contributed by atoms with Gasteiger partial charge in [0, 0.05) is 42.8 Å². The maximum Gasteiger partial charge on any atom is 0.243 e. The Bertz CT molecular complexity index is 942.